The fraction of sp³-hybridized carbons (Fsp3) is 0.375. The lowest BCUT2D eigenvalue weighted by Crippen LogP contribution is -2.30. The van der Waals surface area contributed by atoms with E-state index in [-0.39, 0.29) is 24.7 Å². The zero-order valence-corrected chi connectivity index (χ0v) is 19.4. The largest absolute Gasteiger partial charge is 0.490 e. The second kappa shape index (κ2) is 9.85. The number of alkyl halides is 3. The SMILES string of the molecule is Cc1nc(NCc2cc(N)cc(C(F)(F)F)c2)c2cc3c(cc2n1)OCCCC(=O)N(C)CCO3. The van der Waals surface area contributed by atoms with E-state index >= 15 is 0 Å². The van der Waals surface area contributed by atoms with E-state index in [0.29, 0.717) is 65.6 Å². The van der Waals surface area contributed by atoms with Crippen LogP contribution in [0.1, 0.15) is 29.8 Å². The van der Waals surface area contributed by atoms with Crippen LogP contribution in [0.5, 0.6) is 11.5 Å². The molecule has 4 rings (SSSR count). The van der Waals surface area contributed by atoms with E-state index in [2.05, 4.69) is 15.3 Å². The molecule has 0 saturated carbocycles. The molecule has 0 bridgehead atoms. The molecular weight excluding hydrogens is 463 g/mol. The third-order valence-electron chi connectivity index (χ3n) is 5.58. The van der Waals surface area contributed by atoms with E-state index in [0.717, 1.165) is 12.1 Å². The summed E-state index contributed by atoms with van der Waals surface area (Å²) in [4.78, 5) is 22.6. The van der Waals surface area contributed by atoms with Crippen LogP contribution in [-0.4, -0.2) is 47.6 Å². The molecule has 0 atom stereocenters. The molecule has 1 aliphatic heterocycles. The summed E-state index contributed by atoms with van der Waals surface area (Å²) >= 11 is 0. The van der Waals surface area contributed by atoms with Crippen molar-refractivity contribution in [3.63, 3.8) is 0 Å². The summed E-state index contributed by atoms with van der Waals surface area (Å²) in [7, 11) is 1.73. The third-order valence-corrected chi connectivity index (χ3v) is 5.58. The maximum absolute atomic E-state index is 13.2. The Bertz CT molecular complexity index is 1250. The van der Waals surface area contributed by atoms with Crippen molar-refractivity contribution in [2.24, 2.45) is 0 Å². The summed E-state index contributed by atoms with van der Waals surface area (Å²) < 4.78 is 51.3. The van der Waals surface area contributed by atoms with E-state index < -0.39 is 11.7 Å². The summed E-state index contributed by atoms with van der Waals surface area (Å²) in [6.45, 7) is 2.82. The fourth-order valence-electron chi connectivity index (χ4n) is 3.80. The number of rotatable bonds is 3. The second-order valence-electron chi connectivity index (χ2n) is 8.37. The van der Waals surface area contributed by atoms with Crippen LogP contribution in [0, 0.1) is 6.92 Å². The highest BCUT2D eigenvalue weighted by Gasteiger charge is 2.31. The molecule has 3 aromatic rings. The van der Waals surface area contributed by atoms with Gasteiger partial charge < -0.3 is 25.4 Å². The number of aryl methyl sites for hydroxylation is 1. The number of nitrogens with zero attached hydrogens (tertiary/aromatic N) is 3. The molecular formula is C24H26F3N5O3. The number of carbonyl (C=O) groups excluding carboxylic acids is 1. The van der Waals surface area contributed by atoms with Gasteiger partial charge in [0.25, 0.3) is 0 Å². The monoisotopic (exact) mass is 489 g/mol. The number of nitrogens with two attached hydrogens (primary N) is 1. The number of fused-ring (bicyclic) bond motifs is 2. The van der Waals surface area contributed by atoms with Gasteiger partial charge in [0.05, 0.1) is 24.2 Å². The van der Waals surface area contributed by atoms with Gasteiger partial charge in [-0.1, -0.05) is 0 Å². The Morgan fingerprint density at radius 2 is 1.83 bits per heavy atom. The molecule has 2 heterocycles. The van der Waals surface area contributed by atoms with Crippen molar-refractivity contribution < 1.29 is 27.4 Å². The smallest absolute Gasteiger partial charge is 0.416 e. The zero-order chi connectivity index (χ0) is 25.2. The molecule has 1 aromatic heterocycles. The number of halogens is 3. The van der Waals surface area contributed by atoms with Crippen molar-refractivity contribution in [3.8, 4) is 11.5 Å². The summed E-state index contributed by atoms with van der Waals surface area (Å²) in [5.74, 6) is 1.92. The van der Waals surface area contributed by atoms with Gasteiger partial charge in [0.1, 0.15) is 18.2 Å². The number of benzene rings is 2. The van der Waals surface area contributed by atoms with Gasteiger partial charge in [-0.15, -0.1) is 0 Å². The molecule has 0 fully saturated rings. The lowest BCUT2D eigenvalue weighted by molar-refractivity contribution is -0.137. The lowest BCUT2D eigenvalue weighted by Gasteiger charge is -2.17. The topological polar surface area (TPSA) is 103 Å². The average molecular weight is 489 g/mol. The molecule has 1 amide bonds. The van der Waals surface area contributed by atoms with Gasteiger partial charge in [0, 0.05) is 37.2 Å². The Morgan fingerprint density at radius 3 is 2.60 bits per heavy atom. The van der Waals surface area contributed by atoms with E-state index in [1.807, 2.05) is 0 Å². The molecule has 3 N–H and O–H groups in total. The van der Waals surface area contributed by atoms with Gasteiger partial charge in [-0.25, -0.2) is 9.97 Å². The number of hydrogen-bond acceptors (Lipinski definition) is 7. The number of aromatic nitrogens is 2. The maximum Gasteiger partial charge on any atom is 0.416 e. The fourth-order valence-corrected chi connectivity index (χ4v) is 3.80. The molecule has 0 unspecified atom stereocenters. The van der Waals surface area contributed by atoms with Crippen LogP contribution in [-0.2, 0) is 17.5 Å². The molecule has 0 spiro atoms. The number of likely N-dealkylation sites (N-methyl/N-ethyl adjacent to an activating group) is 1. The summed E-state index contributed by atoms with van der Waals surface area (Å²) in [5, 5.41) is 3.73. The highest BCUT2D eigenvalue weighted by Crippen LogP contribution is 2.36. The highest BCUT2D eigenvalue weighted by molar-refractivity contribution is 5.91. The van der Waals surface area contributed by atoms with Crippen LogP contribution in [0.25, 0.3) is 10.9 Å². The predicted molar refractivity (Wildman–Crippen MR) is 125 cm³/mol. The van der Waals surface area contributed by atoms with E-state index in [4.69, 9.17) is 15.2 Å². The Morgan fingerprint density at radius 1 is 1.09 bits per heavy atom. The highest BCUT2D eigenvalue weighted by atomic mass is 19.4. The van der Waals surface area contributed by atoms with Crippen LogP contribution in [0.2, 0.25) is 0 Å². The Labute approximate surface area is 200 Å². The van der Waals surface area contributed by atoms with Crippen LogP contribution in [0.4, 0.5) is 24.7 Å². The molecule has 11 heteroatoms. The van der Waals surface area contributed by atoms with Crippen LogP contribution in [0.3, 0.4) is 0 Å². The quantitative estimate of drug-likeness (QED) is 0.533. The molecule has 8 nitrogen and oxygen atoms in total. The van der Waals surface area contributed by atoms with E-state index in [1.54, 1.807) is 31.0 Å². The predicted octanol–water partition coefficient (Wildman–Crippen LogP) is 4.16. The first-order chi connectivity index (χ1) is 16.6. The van der Waals surface area contributed by atoms with Crippen molar-refractivity contribution in [1.82, 2.24) is 14.9 Å². The van der Waals surface area contributed by atoms with Crippen molar-refractivity contribution in [2.75, 3.05) is 37.9 Å². The second-order valence-corrected chi connectivity index (χ2v) is 8.37. The van der Waals surface area contributed by atoms with Crippen molar-refractivity contribution >= 4 is 28.3 Å². The molecule has 0 radical (unpaired) electrons. The first-order valence-corrected chi connectivity index (χ1v) is 11.1. The van der Waals surface area contributed by atoms with Gasteiger partial charge >= 0.3 is 6.18 Å². The van der Waals surface area contributed by atoms with Gasteiger partial charge in [-0.2, -0.15) is 13.2 Å². The van der Waals surface area contributed by atoms with Crippen LogP contribution < -0.4 is 20.5 Å². The summed E-state index contributed by atoms with van der Waals surface area (Å²) in [6, 6.07) is 6.93. The van der Waals surface area contributed by atoms with Gasteiger partial charge in [0.2, 0.25) is 5.91 Å². The zero-order valence-electron chi connectivity index (χ0n) is 19.4. The van der Waals surface area contributed by atoms with E-state index in [1.165, 1.54) is 6.07 Å². The first kappa shape index (κ1) is 24.4. The molecule has 35 heavy (non-hydrogen) atoms. The van der Waals surface area contributed by atoms with E-state index in [9.17, 15) is 18.0 Å². The Balaban J connectivity index is 1.65. The van der Waals surface area contributed by atoms with Gasteiger partial charge in [0.15, 0.2) is 11.5 Å². The number of anilines is 2. The van der Waals surface area contributed by atoms with Crippen molar-refractivity contribution in [3.05, 3.63) is 47.3 Å². The third kappa shape index (κ3) is 5.84. The number of nitrogen functional groups attached to an aromatic ring is 1. The van der Waals surface area contributed by atoms with Crippen molar-refractivity contribution in [1.29, 1.82) is 0 Å². The standard InChI is InChI=1S/C24H26F3N5O3/c1-14-30-19-12-21-20(35-7-5-32(2)22(33)4-3-6-34-21)11-18(19)23(31-14)29-13-15-8-16(24(25,26)27)10-17(28)9-15/h8-12H,3-7,13,28H2,1-2H3,(H,29,30,31). The molecule has 186 valence electrons. The Kier molecular flexibility index (Phi) is 6.86. The number of nitrogens with one attached hydrogen (secondary N) is 1. The maximum atomic E-state index is 13.2. The minimum Gasteiger partial charge on any atom is -0.490 e. The van der Waals surface area contributed by atoms with Crippen LogP contribution >= 0.6 is 0 Å². The molecule has 0 aliphatic carbocycles. The molecule has 1 aliphatic rings. The number of ether oxygens (including phenoxy) is 2. The number of carbonyl (C=O) groups is 1. The van der Waals surface area contributed by atoms with Crippen molar-refractivity contribution in [2.45, 2.75) is 32.5 Å². The molecule has 0 saturated heterocycles. The molecule has 2 aromatic carbocycles. The normalized spacial score (nSPS) is 15.1. The number of hydrogen-bond donors (Lipinski definition) is 2. The minimum atomic E-state index is -4.49. The lowest BCUT2D eigenvalue weighted by atomic mass is 10.1. The Hall–Kier alpha value is -3.76. The summed E-state index contributed by atoms with van der Waals surface area (Å²) in [5.41, 5.74) is 5.86. The minimum absolute atomic E-state index is 0.0246. The first-order valence-electron chi connectivity index (χ1n) is 11.1. The van der Waals surface area contributed by atoms with Crippen LogP contribution in [0.15, 0.2) is 30.3 Å². The number of amides is 1. The van der Waals surface area contributed by atoms with Gasteiger partial charge in [-0.3, -0.25) is 4.79 Å². The summed E-state index contributed by atoms with van der Waals surface area (Å²) in [6.07, 6.45) is -3.55. The van der Waals surface area contributed by atoms with Gasteiger partial charge in [-0.05, 0) is 43.2 Å². The average Bonchev–Trinajstić information content (AvgIpc) is 2.81.